The average Bonchev–Trinajstić information content (AvgIpc) is 1.87. The molecule has 0 atom stereocenters. The summed E-state index contributed by atoms with van der Waals surface area (Å²) in [6.07, 6.45) is 1.06. The molecule has 0 saturated heterocycles. The molecule has 0 aromatic heterocycles. The maximum absolute atomic E-state index is 10.7. The largest absolute Gasteiger partial charge is 0.295 e. The van der Waals surface area contributed by atoms with E-state index in [4.69, 9.17) is 0 Å². The van der Waals surface area contributed by atoms with Crippen LogP contribution in [-0.2, 0) is 14.4 Å². The number of hydrogen-bond acceptors (Lipinski definition) is 3. The number of carbonyl (C=O) groups is 3. The molecule has 0 bridgehead atoms. The lowest BCUT2D eigenvalue weighted by atomic mass is 10.1. The summed E-state index contributed by atoms with van der Waals surface area (Å²) >= 11 is 0. The molecule has 3 heteroatoms. The van der Waals surface area contributed by atoms with Gasteiger partial charge < -0.3 is 0 Å². The van der Waals surface area contributed by atoms with Crippen LogP contribution in [0.4, 0.5) is 0 Å². The van der Waals surface area contributed by atoms with Crippen LogP contribution in [-0.4, -0.2) is 17.3 Å². The van der Waals surface area contributed by atoms with E-state index in [9.17, 15) is 14.4 Å². The van der Waals surface area contributed by atoms with Gasteiger partial charge in [-0.25, -0.2) is 0 Å². The maximum Gasteiger partial charge on any atom is 0.221 e. The second-order valence-electron chi connectivity index (χ2n) is 2.30. The number of carbonyl (C=O) groups excluding carboxylic acids is 3. The van der Waals surface area contributed by atoms with Crippen molar-refractivity contribution in [2.75, 3.05) is 0 Å². The molecule has 0 N–H and O–H groups in total. The molecule has 0 saturated carbocycles. The van der Waals surface area contributed by atoms with Crippen molar-refractivity contribution in [1.29, 1.82) is 0 Å². The first-order valence-electron chi connectivity index (χ1n) is 3.19. The van der Waals surface area contributed by atoms with E-state index in [1.807, 2.05) is 0 Å². The average molecular weight is 154 g/mol. The van der Waals surface area contributed by atoms with E-state index in [0.717, 1.165) is 6.08 Å². The Bertz CT molecular complexity index is 236. The zero-order valence-electron chi connectivity index (χ0n) is 6.80. The molecule has 0 aliphatic carbocycles. The minimum atomic E-state index is -0.627. The van der Waals surface area contributed by atoms with Crippen molar-refractivity contribution in [1.82, 2.24) is 0 Å². The van der Waals surface area contributed by atoms with Crippen LogP contribution in [0.5, 0.6) is 0 Å². The van der Waals surface area contributed by atoms with Gasteiger partial charge in [-0.2, -0.15) is 0 Å². The lowest BCUT2D eigenvalue weighted by Gasteiger charge is -1.90. The van der Waals surface area contributed by atoms with E-state index in [1.165, 1.54) is 20.8 Å². The molecule has 11 heavy (non-hydrogen) atoms. The van der Waals surface area contributed by atoms with Gasteiger partial charge in [0.05, 0.1) is 0 Å². The normalized spacial score (nSPS) is 11.0. The van der Waals surface area contributed by atoms with Gasteiger partial charge in [0.25, 0.3) is 0 Å². The summed E-state index contributed by atoms with van der Waals surface area (Å²) in [6.45, 7) is 4.02. The summed E-state index contributed by atoms with van der Waals surface area (Å²) < 4.78 is 0. The molecule has 0 spiro atoms. The van der Waals surface area contributed by atoms with E-state index in [-0.39, 0.29) is 5.78 Å². The highest BCUT2D eigenvalue weighted by molar-refractivity contribution is 6.41. The van der Waals surface area contributed by atoms with Crippen LogP contribution in [0.1, 0.15) is 20.8 Å². The van der Waals surface area contributed by atoms with E-state index in [1.54, 1.807) is 0 Å². The molecule has 0 heterocycles. The lowest BCUT2D eigenvalue weighted by Crippen LogP contribution is -2.07. The standard InChI is InChI=1S/C8H10O3/c1-5(6(2)9)4-8(11)7(3)10/h4H,1-3H3. The van der Waals surface area contributed by atoms with E-state index >= 15 is 0 Å². The summed E-state index contributed by atoms with van der Waals surface area (Å²) in [5.74, 6) is -1.37. The number of rotatable bonds is 3. The molecular weight excluding hydrogens is 144 g/mol. The smallest absolute Gasteiger partial charge is 0.221 e. The van der Waals surface area contributed by atoms with Crippen molar-refractivity contribution in [3.05, 3.63) is 11.6 Å². The monoisotopic (exact) mass is 154 g/mol. The molecule has 0 aromatic carbocycles. The summed E-state index contributed by atoms with van der Waals surface area (Å²) in [6, 6.07) is 0. The van der Waals surface area contributed by atoms with Gasteiger partial charge in [0.2, 0.25) is 5.78 Å². The third kappa shape index (κ3) is 3.45. The van der Waals surface area contributed by atoms with Gasteiger partial charge in [0.15, 0.2) is 11.6 Å². The predicted molar refractivity (Wildman–Crippen MR) is 40.1 cm³/mol. The first-order valence-corrected chi connectivity index (χ1v) is 3.19. The Kier molecular flexibility index (Phi) is 3.37. The van der Waals surface area contributed by atoms with Crippen LogP contribution in [0.15, 0.2) is 11.6 Å². The summed E-state index contributed by atoms with van der Waals surface area (Å²) in [5, 5.41) is 0. The quantitative estimate of drug-likeness (QED) is 0.443. The summed E-state index contributed by atoms with van der Waals surface area (Å²) in [5.41, 5.74) is 0.310. The fourth-order valence-corrected chi connectivity index (χ4v) is 0.400. The lowest BCUT2D eigenvalue weighted by molar-refractivity contribution is -0.132. The maximum atomic E-state index is 10.7. The molecular formula is C8H10O3. The van der Waals surface area contributed by atoms with Crippen LogP contribution < -0.4 is 0 Å². The van der Waals surface area contributed by atoms with Gasteiger partial charge >= 0.3 is 0 Å². The van der Waals surface area contributed by atoms with E-state index < -0.39 is 11.6 Å². The van der Waals surface area contributed by atoms with Crippen LogP contribution in [0.3, 0.4) is 0 Å². The fourth-order valence-electron chi connectivity index (χ4n) is 0.400. The molecule has 0 unspecified atom stereocenters. The highest BCUT2D eigenvalue weighted by atomic mass is 16.2. The van der Waals surface area contributed by atoms with Crippen molar-refractivity contribution in [2.45, 2.75) is 20.8 Å². The van der Waals surface area contributed by atoms with Crippen LogP contribution in [0.25, 0.3) is 0 Å². The Morgan fingerprint density at radius 2 is 1.36 bits per heavy atom. The Balaban J connectivity index is 4.44. The molecule has 0 rings (SSSR count). The molecule has 60 valence electrons. The second-order valence-corrected chi connectivity index (χ2v) is 2.30. The SMILES string of the molecule is CC(=O)C(=O)C=C(C)C(C)=O. The van der Waals surface area contributed by atoms with Crippen LogP contribution in [0.2, 0.25) is 0 Å². The number of ketones is 3. The topological polar surface area (TPSA) is 51.2 Å². The minimum Gasteiger partial charge on any atom is -0.295 e. The number of hydrogen-bond donors (Lipinski definition) is 0. The molecule has 0 aliphatic heterocycles. The van der Waals surface area contributed by atoms with Gasteiger partial charge in [-0.15, -0.1) is 0 Å². The number of allylic oxidation sites excluding steroid dienone is 2. The fraction of sp³-hybridized carbons (Fsp3) is 0.375. The summed E-state index contributed by atoms with van der Waals surface area (Å²) in [7, 11) is 0. The van der Waals surface area contributed by atoms with Crippen LogP contribution >= 0.6 is 0 Å². The molecule has 0 fully saturated rings. The highest BCUT2D eigenvalue weighted by Gasteiger charge is 2.05. The first-order chi connectivity index (χ1) is 4.95. The predicted octanol–water partition coefficient (Wildman–Crippen LogP) is 0.680. The van der Waals surface area contributed by atoms with Gasteiger partial charge in [-0.05, 0) is 25.5 Å². The Morgan fingerprint density at radius 1 is 0.909 bits per heavy atom. The van der Waals surface area contributed by atoms with Crippen molar-refractivity contribution in [3.8, 4) is 0 Å². The van der Waals surface area contributed by atoms with Crippen molar-refractivity contribution in [3.63, 3.8) is 0 Å². The first kappa shape index (κ1) is 9.75. The second kappa shape index (κ2) is 3.81. The van der Waals surface area contributed by atoms with Crippen molar-refractivity contribution in [2.24, 2.45) is 0 Å². The Morgan fingerprint density at radius 3 is 1.64 bits per heavy atom. The third-order valence-electron chi connectivity index (χ3n) is 1.25. The molecule has 0 aromatic rings. The zero-order chi connectivity index (χ0) is 9.02. The van der Waals surface area contributed by atoms with E-state index in [0.29, 0.717) is 5.57 Å². The molecule has 0 radical (unpaired) electrons. The summed E-state index contributed by atoms with van der Waals surface area (Å²) in [4.78, 5) is 31.6. The van der Waals surface area contributed by atoms with E-state index in [2.05, 4.69) is 0 Å². The van der Waals surface area contributed by atoms with Crippen molar-refractivity contribution >= 4 is 17.3 Å². The molecule has 3 nitrogen and oxygen atoms in total. The Labute approximate surface area is 65.1 Å². The van der Waals surface area contributed by atoms with Gasteiger partial charge in [-0.3, -0.25) is 14.4 Å². The number of Topliss-reactive ketones (excluding diaryl/α,β-unsaturated/α-hetero) is 2. The highest BCUT2D eigenvalue weighted by Crippen LogP contribution is 1.94. The van der Waals surface area contributed by atoms with Crippen molar-refractivity contribution < 1.29 is 14.4 Å². The van der Waals surface area contributed by atoms with Gasteiger partial charge in [0, 0.05) is 6.92 Å². The zero-order valence-corrected chi connectivity index (χ0v) is 6.80. The molecule has 0 amide bonds. The van der Waals surface area contributed by atoms with Crippen LogP contribution in [0, 0.1) is 0 Å². The third-order valence-corrected chi connectivity index (χ3v) is 1.25. The molecule has 0 aliphatic rings. The Hall–Kier alpha value is -1.25. The van der Waals surface area contributed by atoms with Gasteiger partial charge in [-0.1, -0.05) is 0 Å². The minimum absolute atomic E-state index is 0.195. The van der Waals surface area contributed by atoms with Gasteiger partial charge in [0.1, 0.15) is 0 Å².